The largest absolute Gasteiger partial charge is 0.465 e. The molecule has 18 heavy (non-hydrogen) atoms. The average molecular weight is 276 g/mol. The molecular formula is C12H28N2O3Si. The topological polar surface area (TPSA) is 75.8 Å². The molecular weight excluding hydrogens is 248 g/mol. The Morgan fingerprint density at radius 1 is 1.33 bits per heavy atom. The fourth-order valence-corrected chi connectivity index (χ4v) is 2.25. The van der Waals surface area contributed by atoms with Gasteiger partial charge >= 0.3 is 6.09 Å². The fourth-order valence-electron chi connectivity index (χ4n) is 1.21. The smallest absolute Gasteiger partial charge is 0.407 e. The molecule has 0 heterocycles. The summed E-state index contributed by atoms with van der Waals surface area (Å²) in [6.07, 6.45) is -0.214. The van der Waals surface area contributed by atoms with E-state index in [9.17, 15) is 4.79 Å². The van der Waals surface area contributed by atoms with E-state index in [0.717, 1.165) is 0 Å². The Balaban J connectivity index is 4.18. The van der Waals surface area contributed by atoms with Crippen molar-refractivity contribution in [2.75, 3.05) is 26.2 Å². The van der Waals surface area contributed by atoms with Gasteiger partial charge in [-0.3, -0.25) is 0 Å². The molecule has 0 aromatic rings. The first-order valence-electron chi connectivity index (χ1n) is 6.43. The third-order valence-corrected chi connectivity index (χ3v) is 8.07. The summed E-state index contributed by atoms with van der Waals surface area (Å²) in [4.78, 5) is 12.4. The number of hydrogen-bond donors (Lipinski definition) is 2. The van der Waals surface area contributed by atoms with Crippen LogP contribution in [-0.4, -0.2) is 50.7 Å². The van der Waals surface area contributed by atoms with Gasteiger partial charge in [-0.25, -0.2) is 4.79 Å². The quantitative estimate of drug-likeness (QED) is 0.700. The monoisotopic (exact) mass is 276 g/mol. The van der Waals surface area contributed by atoms with Gasteiger partial charge in [-0.15, -0.1) is 0 Å². The molecule has 3 N–H and O–H groups in total. The molecule has 0 spiro atoms. The molecule has 0 radical (unpaired) electrons. The molecule has 0 aliphatic carbocycles. The number of hydrogen-bond acceptors (Lipinski definition) is 3. The van der Waals surface area contributed by atoms with Crippen molar-refractivity contribution < 1.29 is 14.3 Å². The van der Waals surface area contributed by atoms with Crippen LogP contribution < -0.4 is 5.73 Å². The highest BCUT2D eigenvalue weighted by atomic mass is 28.4. The van der Waals surface area contributed by atoms with Gasteiger partial charge in [0.05, 0.1) is 6.61 Å². The number of nitrogens with zero attached hydrogens (tertiary/aromatic N) is 1. The molecule has 0 rings (SSSR count). The molecule has 5 nitrogen and oxygen atoms in total. The summed E-state index contributed by atoms with van der Waals surface area (Å²) in [6, 6.07) is 0. The third-order valence-electron chi connectivity index (χ3n) is 3.53. The van der Waals surface area contributed by atoms with E-state index in [4.69, 9.17) is 15.3 Å². The van der Waals surface area contributed by atoms with E-state index in [2.05, 4.69) is 33.9 Å². The number of amides is 1. The van der Waals surface area contributed by atoms with E-state index in [1.807, 2.05) is 0 Å². The summed E-state index contributed by atoms with van der Waals surface area (Å²) in [7, 11) is -1.78. The molecule has 0 saturated carbocycles. The van der Waals surface area contributed by atoms with Crippen LogP contribution >= 0.6 is 0 Å². The Kier molecular flexibility index (Phi) is 6.87. The fraction of sp³-hybridized carbons (Fsp3) is 0.917. The predicted molar refractivity (Wildman–Crippen MR) is 76.4 cm³/mol. The predicted octanol–water partition coefficient (Wildman–Crippen LogP) is 2.34. The lowest BCUT2D eigenvalue weighted by molar-refractivity contribution is 0.133. The Morgan fingerprint density at radius 3 is 2.28 bits per heavy atom. The van der Waals surface area contributed by atoms with Crippen molar-refractivity contribution in [1.29, 1.82) is 0 Å². The van der Waals surface area contributed by atoms with Crippen LogP contribution in [0.3, 0.4) is 0 Å². The zero-order valence-electron chi connectivity index (χ0n) is 12.3. The third kappa shape index (κ3) is 5.84. The molecule has 108 valence electrons. The minimum Gasteiger partial charge on any atom is -0.465 e. The molecule has 0 unspecified atom stereocenters. The van der Waals surface area contributed by atoms with Gasteiger partial charge in [0.25, 0.3) is 0 Å². The van der Waals surface area contributed by atoms with Crippen LogP contribution in [0.1, 0.15) is 27.2 Å². The maximum Gasteiger partial charge on any atom is 0.407 e. The van der Waals surface area contributed by atoms with E-state index in [-0.39, 0.29) is 5.04 Å². The summed E-state index contributed by atoms with van der Waals surface area (Å²) in [5.41, 5.74) is 5.39. The Hall–Kier alpha value is -0.593. The van der Waals surface area contributed by atoms with Crippen LogP contribution in [0.5, 0.6) is 0 Å². The van der Waals surface area contributed by atoms with Crippen LogP contribution in [0.4, 0.5) is 4.79 Å². The molecule has 0 aliphatic heterocycles. The Morgan fingerprint density at radius 2 is 1.89 bits per heavy atom. The van der Waals surface area contributed by atoms with Crippen LogP contribution in [0.15, 0.2) is 0 Å². The highest BCUT2D eigenvalue weighted by molar-refractivity contribution is 6.74. The zero-order valence-corrected chi connectivity index (χ0v) is 13.3. The first-order chi connectivity index (χ1) is 8.12. The molecule has 0 aromatic carbocycles. The first kappa shape index (κ1) is 17.4. The molecule has 0 saturated heterocycles. The van der Waals surface area contributed by atoms with Gasteiger partial charge in [0, 0.05) is 13.1 Å². The van der Waals surface area contributed by atoms with E-state index < -0.39 is 14.4 Å². The second-order valence-electron chi connectivity index (χ2n) is 6.02. The summed E-state index contributed by atoms with van der Waals surface area (Å²) < 4.78 is 5.96. The molecule has 0 bridgehead atoms. The summed E-state index contributed by atoms with van der Waals surface area (Å²) in [6.45, 7) is 12.7. The summed E-state index contributed by atoms with van der Waals surface area (Å²) in [5.74, 6) is 0. The molecule has 0 aromatic heterocycles. The first-order valence-corrected chi connectivity index (χ1v) is 9.34. The SMILES string of the molecule is CC(C)(C)[Si](C)(C)OCCN(CCCN)C(=O)O. The van der Waals surface area contributed by atoms with Gasteiger partial charge in [0.1, 0.15) is 0 Å². The van der Waals surface area contributed by atoms with Crippen LogP contribution in [0, 0.1) is 0 Å². The van der Waals surface area contributed by atoms with Gasteiger partial charge in [-0.1, -0.05) is 20.8 Å². The molecule has 0 atom stereocenters. The zero-order chi connectivity index (χ0) is 14.4. The minimum atomic E-state index is -1.78. The maximum atomic E-state index is 11.0. The molecule has 6 heteroatoms. The number of carbonyl (C=O) groups is 1. The summed E-state index contributed by atoms with van der Waals surface area (Å²) >= 11 is 0. The van der Waals surface area contributed by atoms with E-state index in [1.54, 1.807) is 0 Å². The van der Waals surface area contributed by atoms with Crippen molar-refractivity contribution in [1.82, 2.24) is 4.90 Å². The molecule has 0 aliphatic rings. The van der Waals surface area contributed by atoms with Crippen LogP contribution in [-0.2, 0) is 4.43 Å². The highest BCUT2D eigenvalue weighted by Crippen LogP contribution is 2.36. The van der Waals surface area contributed by atoms with E-state index >= 15 is 0 Å². The second-order valence-corrected chi connectivity index (χ2v) is 10.8. The van der Waals surface area contributed by atoms with Gasteiger partial charge in [0.15, 0.2) is 8.32 Å². The van der Waals surface area contributed by atoms with Gasteiger partial charge in [0.2, 0.25) is 0 Å². The number of nitrogens with two attached hydrogens (primary N) is 1. The van der Waals surface area contributed by atoms with Gasteiger partial charge in [-0.2, -0.15) is 0 Å². The van der Waals surface area contributed by atoms with Crippen molar-refractivity contribution in [3.8, 4) is 0 Å². The maximum absolute atomic E-state index is 11.0. The molecule has 1 amide bonds. The Labute approximate surface area is 111 Å². The standard InChI is InChI=1S/C12H28N2O3Si/c1-12(2,3)18(4,5)17-10-9-14(11(15)16)8-6-7-13/h6-10,13H2,1-5H3,(H,15,16). The van der Waals surface area contributed by atoms with Crippen LogP contribution in [0.2, 0.25) is 18.1 Å². The Bertz CT molecular complexity index is 265. The van der Waals surface area contributed by atoms with Gasteiger partial charge < -0.3 is 20.2 Å². The number of carboxylic acid groups (broad SMARTS) is 1. The molecule has 0 fully saturated rings. The lowest BCUT2D eigenvalue weighted by atomic mass is 10.2. The normalized spacial score (nSPS) is 12.6. The van der Waals surface area contributed by atoms with E-state index in [1.165, 1.54) is 4.90 Å². The average Bonchev–Trinajstić information content (AvgIpc) is 2.20. The van der Waals surface area contributed by atoms with Crippen molar-refractivity contribution in [3.63, 3.8) is 0 Å². The van der Waals surface area contributed by atoms with Crippen molar-refractivity contribution in [2.45, 2.75) is 45.3 Å². The minimum absolute atomic E-state index is 0.151. The lowest BCUT2D eigenvalue weighted by Gasteiger charge is -2.36. The van der Waals surface area contributed by atoms with E-state index in [0.29, 0.717) is 32.7 Å². The second kappa shape index (κ2) is 7.11. The summed E-state index contributed by atoms with van der Waals surface area (Å²) in [5, 5.41) is 9.18. The van der Waals surface area contributed by atoms with Crippen molar-refractivity contribution >= 4 is 14.4 Å². The lowest BCUT2D eigenvalue weighted by Crippen LogP contribution is -2.43. The van der Waals surface area contributed by atoms with Gasteiger partial charge in [-0.05, 0) is 31.1 Å². The van der Waals surface area contributed by atoms with Crippen molar-refractivity contribution in [3.05, 3.63) is 0 Å². The highest BCUT2D eigenvalue weighted by Gasteiger charge is 2.37. The number of rotatable bonds is 7. The van der Waals surface area contributed by atoms with Crippen molar-refractivity contribution in [2.24, 2.45) is 5.73 Å². The van der Waals surface area contributed by atoms with Crippen LogP contribution in [0.25, 0.3) is 0 Å².